The number of hydrogen-bond acceptors (Lipinski definition) is 3. The Morgan fingerprint density at radius 3 is 1.85 bits per heavy atom. The lowest BCUT2D eigenvalue weighted by Crippen LogP contribution is -2.11. The lowest BCUT2D eigenvalue weighted by atomic mass is 10.4. The summed E-state index contributed by atoms with van der Waals surface area (Å²) < 4.78 is 4.18. The predicted octanol–water partition coefficient (Wildman–Crippen LogP) is 0.368. The maximum absolute atomic E-state index is 9.60. The third-order valence-electron chi connectivity index (χ3n) is 0.652. The molecule has 0 spiro atoms. The van der Waals surface area contributed by atoms with Crippen molar-refractivity contribution in [2.75, 3.05) is 6.61 Å². The van der Waals surface area contributed by atoms with Gasteiger partial charge in [0.15, 0.2) is 0 Å². The summed E-state index contributed by atoms with van der Waals surface area (Å²) in [7, 11) is 0. The number of carboxylic acid groups (broad SMARTS) is 1. The zero-order chi connectivity index (χ0) is 10.1. The van der Waals surface area contributed by atoms with E-state index in [1.807, 2.05) is 0 Å². The lowest BCUT2D eigenvalue weighted by Gasteiger charge is -1.89. The predicted molar refractivity (Wildman–Crippen MR) is 49.4 cm³/mol. The summed E-state index contributed by atoms with van der Waals surface area (Å²) in [4.78, 5) is 19.2. The number of hydrogen-bond donors (Lipinski definition) is 2. The van der Waals surface area contributed by atoms with Crippen LogP contribution < -0.4 is 5.73 Å². The van der Waals surface area contributed by atoms with E-state index in [2.05, 4.69) is 17.0 Å². The van der Waals surface area contributed by atoms with Crippen LogP contribution in [0.2, 0.25) is 0 Å². The molecule has 0 bridgehead atoms. The smallest absolute Gasteiger partial charge is 0.404 e. The van der Waals surface area contributed by atoms with Crippen molar-refractivity contribution < 1.29 is 19.4 Å². The van der Waals surface area contributed by atoms with Gasteiger partial charge in [0.1, 0.15) is 0 Å². The van der Waals surface area contributed by atoms with Crippen LogP contribution in [0.15, 0.2) is 12.2 Å². The largest absolute Gasteiger partial charge is 0.478 e. The fraction of sp³-hybridized carbons (Fsp3) is 0.429. The van der Waals surface area contributed by atoms with E-state index in [9.17, 15) is 9.59 Å². The van der Waals surface area contributed by atoms with Gasteiger partial charge in [0.25, 0.3) is 0 Å². The van der Waals surface area contributed by atoms with Crippen LogP contribution in [0.4, 0.5) is 4.79 Å². The van der Waals surface area contributed by atoms with Gasteiger partial charge >= 0.3 is 12.1 Å². The molecular weight excluding hydrogens is 190 g/mol. The van der Waals surface area contributed by atoms with Crippen LogP contribution in [0.1, 0.15) is 13.8 Å². The molecule has 0 aliphatic heterocycles. The van der Waals surface area contributed by atoms with E-state index in [-0.39, 0.29) is 16.5 Å². The van der Waals surface area contributed by atoms with Crippen molar-refractivity contribution in [1.82, 2.24) is 0 Å². The Hall–Kier alpha value is -1.30. The Morgan fingerprint density at radius 1 is 1.54 bits per heavy atom. The Kier molecular flexibility index (Phi) is 14.6. The minimum atomic E-state index is -0.935. The van der Waals surface area contributed by atoms with E-state index < -0.39 is 12.1 Å². The van der Waals surface area contributed by atoms with Gasteiger partial charge in [0.2, 0.25) is 0 Å². The highest BCUT2D eigenvalue weighted by molar-refractivity contribution is 5.84. The Labute approximate surface area is 81.6 Å². The zero-order valence-electron chi connectivity index (χ0n) is 7.66. The Bertz CT molecular complexity index is 169. The van der Waals surface area contributed by atoms with Gasteiger partial charge in [0, 0.05) is 16.5 Å². The van der Waals surface area contributed by atoms with Crippen molar-refractivity contribution in [3.8, 4) is 0 Å². The van der Waals surface area contributed by atoms with E-state index in [4.69, 9.17) is 5.11 Å². The van der Waals surface area contributed by atoms with Crippen molar-refractivity contribution in [2.45, 2.75) is 13.8 Å². The Balaban J connectivity index is -0.000000143. The fourth-order valence-electron chi connectivity index (χ4n) is 0.142. The first kappa shape index (κ1) is 17.7. The number of nitrogens with two attached hydrogens (primary N) is 1. The molecule has 6 heteroatoms. The first-order chi connectivity index (χ1) is 5.41. The zero-order valence-corrected chi connectivity index (χ0v) is 8.66. The molecule has 0 aromatic heterocycles. The second kappa shape index (κ2) is 10.7. The van der Waals surface area contributed by atoms with Gasteiger partial charge in [-0.05, 0) is 13.8 Å². The first-order valence-electron chi connectivity index (χ1n) is 3.22. The number of carbonyl (C=O) groups is 2. The molecule has 74 valence electrons. The molecule has 0 saturated carbocycles. The fourth-order valence-corrected chi connectivity index (χ4v) is 0.142. The van der Waals surface area contributed by atoms with E-state index in [0.29, 0.717) is 6.61 Å². The highest BCUT2D eigenvalue weighted by atomic mass is 28.1. The van der Waals surface area contributed by atoms with Crippen molar-refractivity contribution in [2.24, 2.45) is 5.73 Å². The molecule has 0 aliphatic rings. The van der Waals surface area contributed by atoms with Crippen LogP contribution >= 0.6 is 0 Å². The Morgan fingerprint density at radius 2 is 1.85 bits per heavy atom. The highest BCUT2D eigenvalue weighted by Gasteiger charge is 1.90. The van der Waals surface area contributed by atoms with Crippen molar-refractivity contribution in [3.05, 3.63) is 12.2 Å². The molecule has 13 heavy (non-hydrogen) atoms. The van der Waals surface area contributed by atoms with Crippen molar-refractivity contribution >= 4 is 23.0 Å². The van der Waals surface area contributed by atoms with Gasteiger partial charge in [-0.3, -0.25) is 0 Å². The molecular formula is C7H13NO4Si. The molecule has 0 aromatic carbocycles. The van der Waals surface area contributed by atoms with Gasteiger partial charge in [-0.1, -0.05) is 6.58 Å². The summed E-state index contributed by atoms with van der Waals surface area (Å²) in [6, 6.07) is 0. The first-order valence-corrected chi connectivity index (χ1v) is 3.22. The van der Waals surface area contributed by atoms with Crippen LogP contribution in [0.3, 0.4) is 0 Å². The summed E-state index contributed by atoms with van der Waals surface area (Å²) in [6.07, 6.45) is -0.711. The number of ether oxygens (including phenoxy) is 1. The van der Waals surface area contributed by atoms with E-state index in [1.165, 1.54) is 6.92 Å². The third-order valence-corrected chi connectivity index (χ3v) is 0.652. The minimum absolute atomic E-state index is 0. The number of carbonyl (C=O) groups excluding carboxylic acids is 1. The minimum Gasteiger partial charge on any atom is -0.478 e. The molecule has 4 radical (unpaired) electrons. The summed E-state index contributed by atoms with van der Waals surface area (Å²) in [5.41, 5.74) is 4.72. The van der Waals surface area contributed by atoms with E-state index in [0.717, 1.165) is 0 Å². The standard InChI is InChI=1S/C4H6O2.C3H7NO2.Si/c1-3(2)4(5)6;1-2-6-3(4)5;/h1H2,2H3,(H,5,6);2H2,1H3,(H2,4,5);. The SMILES string of the molecule is C=C(C)C(=O)O.CCOC(N)=O.[Si]. The van der Waals surface area contributed by atoms with Gasteiger partial charge in [-0.25, -0.2) is 9.59 Å². The second-order valence-electron chi connectivity index (χ2n) is 1.84. The van der Waals surface area contributed by atoms with Gasteiger partial charge in [-0.2, -0.15) is 0 Å². The van der Waals surface area contributed by atoms with Crippen LogP contribution in [0, 0.1) is 0 Å². The molecule has 1 amide bonds. The molecule has 0 fully saturated rings. The van der Waals surface area contributed by atoms with E-state index >= 15 is 0 Å². The molecule has 0 saturated heterocycles. The number of amides is 1. The van der Waals surface area contributed by atoms with Crippen molar-refractivity contribution in [3.63, 3.8) is 0 Å². The van der Waals surface area contributed by atoms with Crippen LogP contribution in [-0.4, -0.2) is 34.7 Å². The molecule has 0 unspecified atom stereocenters. The molecule has 3 N–H and O–H groups in total. The molecule has 0 atom stereocenters. The van der Waals surface area contributed by atoms with Crippen LogP contribution in [0.5, 0.6) is 0 Å². The molecule has 5 nitrogen and oxygen atoms in total. The lowest BCUT2D eigenvalue weighted by molar-refractivity contribution is -0.132. The van der Waals surface area contributed by atoms with Crippen LogP contribution in [0.25, 0.3) is 0 Å². The average molecular weight is 203 g/mol. The summed E-state index contributed by atoms with van der Waals surface area (Å²) in [6.45, 7) is 6.66. The van der Waals surface area contributed by atoms with E-state index in [1.54, 1.807) is 6.92 Å². The molecule has 0 heterocycles. The number of carboxylic acids is 1. The average Bonchev–Trinajstić information content (AvgIpc) is 1.87. The monoisotopic (exact) mass is 203 g/mol. The quantitative estimate of drug-likeness (QED) is 0.501. The maximum atomic E-state index is 9.60. The summed E-state index contributed by atoms with van der Waals surface area (Å²) in [5, 5.41) is 7.89. The van der Waals surface area contributed by atoms with Gasteiger partial charge < -0.3 is 15.6 Å². The van der Waals surface area contributed by atoms with Gasteiger partial charge in [0.05, 0.1) is 6.61 Å². The number of primary amides is 1. The van der Waals surface area contributed by atoms with Crippen molar-refractivity contribution in [1.29, 1.82) is 0 Å². The molecule has 0 rings (SSSR count). The van der Waals surface area contributed by atoms with Gasteiger partial charge in [-0.15, -0.1) is 0 Å². The second-order valence-corrected chi connectivity index (χ2v) is 1.84. The third kappa shape index (κ3) is 24.9. The van der Waals surface area contributed by atoms with Crippen LogP contribution in [-0.2, 0) is 9.53 Å². The summed E-state index contributed by atoms with van der Waals surface area (Å²) in [5.74, 6) is -0.935. The maximum Gasteiger partial charge on any atom is 0.404 e. The molecule has 0 aromatic rings. The summed E-state index contributed by atoms with van der Waals surface area (Å²) >= 11 is 0. The molecule has 0 aliphatic carbocycles. The topological polar surface area (TPSA) is 89.6 Å². The highest BCUT2D eigenvalue weighted by Crippen LogP contribution is 1.81. The number of rotatable bonds is 2. The number of aliphatic carboxylic acids is 1. The normalized spacial score (nSPS) is 6.92.